The molecule has 4 heteroatoms. The van der Waals surface area contributed by atoms with E-state index in [1.807, 2.05) is 0 Å². The number of aliphatic carboxylic acids is 1. The summed E-state index contributed by atoms with van der Waals surface area (Å²) in [7, 11) is 0. The van der Waals surface area contributed by atoms with E-state index in [4.69, 9.17) is 5.53 Å². The van der Waals surface area contributed by atoms with Crippen LogP contribution in [-0.4, -0.2) is 16.5 Å². The molecule has 0 spiro atoms. The highest BCUT2D eigenvalue weighted by molar-refractivity contribution is 6.36. The van der Waals surface area contributed by atoms with E-state index >= 15 is 0 Å². The lowest BCUT2D eigenvalue weighted by atomic mass is 10.4. The first-order chi connectivity index (χ1) is 3.72. The highest BCUT2D eigenvalue weighted by Crippen LogP contribution is 1.65. The minimum atomic E-state index is -1.48. The number of nitrogens with one attached hydrogen (secondary N) is 1. The van der Waals surface area contributed by atoms with Crippen molar-refractivity contribution >= 4 is 11.7 Å². The molecule has 1 N–H and O–H groups in total. The van der Waals surface area contributed by atoms with Crippen LogP contribution in [0.2, 0.25) is 0 Å². The van der Waals surface area contributed by atoms with Crippen LogP contribution in [0.1, 0.15) is 0 Å². The fourth-order valence-corrected chi connectivity index (χ4v) is 0.175. The van der Waals surface area contributed by atoms with Gasteiger partial charge in [0, 0.05) is 6.08 Å². The summed E-state index contributed by atoms with van der Waals surface area (Å²) in [6.45, 7) is 3.08. The lowest BCUT2D eigenvalue weighted by Crippen LogP contribution is -2.30. The van der Waals surface area contributed by atoms with E-state index in [2.05, 4.69) is 11.4 Å². The number of rotatable bonds is 2. The molecule has 0 saturated carbocycles. The summed E-state index contributed by atoms with van der Waals surface area (Å²) < 4.78 is 0. The first kappa shape index (κ1) is 6.59. The van der Waals surface area contributed by atoms with E-state index in [0.29, 0.717) is 0 Å². The third-order valence-corrected chi connectivity index (χ3v) is 0.523. The fraction of sp³-hybridized carbons (Fsp3) is 0. The van der Waals surface area contributed by atoms with Gasteiger partial charge in [-0.2, -0.15) is 0 Å². The molecule has 0 aliphatic rings. The largest absolute Gasteiger partial charge is 0.538 e. The number of hydrogen-bond donors (Lipinski definition) is 1. The highest BCUT2D eigenvalue weighted by Gasteiger charge is 2.03. The van der Waals surface area contributed by atoms with Crippen LogP contribution >= 0.6 is 0 Å². The van der Waals surface area contributed by atoms with E-state index in [1.165, 1.54) is 0 Å². The van der Waals surface area contributed by atoms with Crippen LogP contribution in [0.15, 0.2) is 12.7 Å². The molecule has 0 aromatic carbocycles. The zero-order valence-electron chi connectivity index (χ0n) is 4.05. The summed E-state index contributed by atoms with van der Waals surface area (Å²) in [5.74, 6) is -1.48. The molecule has 0 radical (unpaired) electrons. The number of nitrogens with zero attached hydrogens (tertiary/aromatic N) is 1. The first-order valence-electron chi connectivity index (χ1n) is 1.80. The van der Waals surface area contributed by atoms with Crippen molar-refractivity contribution in [3.05, 3.63) is 12.7 Å². The van der Waals surface area contributed by atoms with Crippen LogP contribution in [0.25, 0.3) is 0 Å². The molecule has 0 aromatic rings. The Labute approximate surface area is 45.7 Å². The summed E-state index contributed by atoms with van der Waals surface area (Å²) in [5.41, 5.74) is 5.73. The van der Waals surface area contributed by atoms with E-state index < -0.39 is 11.7 Å². The molecule has 0 heterocycles. The predicted molar refractivity (Wildman–Crippen MR) is 23.2 cm³/mol. The highest BCUT2D eigenvalue weighted by atomic mass is 16.4. The number of carboxylic acids is 1. The van der Waals surface area contributed by atoms with E-state index in [1.54, 1.807) is 0 Å². The number of hydrogen-bond acceptors (Lipinski definition) is 3. The third-order valence-electron chi connectivity index (χ3n) is 0.523. The summed E-state index contributed by atoms with van der Waals surface area (Å²) in [4.78, 5) is 12.3. The second-order valence-corrected chi connectivity index (χ2v) is 0.989. The molecular formula is C4H4N2O2. The molecule has 0 unspecified atom stereocenters. The van der Waals surface area contributed by atoms with Crippen LogP contribution in [0.5, 0.6) is 0 Å². The van der Waals surface area contributed by atoms with Crippen molar-refractivity contribution < 1.29 is 14.7 Å². The Balaban J connectivity index is 4.37. The third kappa shape index (κ3) is 1.36. The number of carbonyl (C=O) groups excluding carboxylic acids is 1. The summed E-state index contributed by atoms with van der Waals surface area (Å²) >= 11 is 0. The molecule has 0 amide bonds. The van der Waals surface area contributed by atoms with Gasteiger partial charge in [0.25, 0.3) is 0 Å². The molecule has 8 heavy (non-hydrogen) atoms. The minimum Gasteiger partial charge on any atom is -0.538 e. The smallest absolute Gasteiger partial charge is 0.386 e. The van der Waals surface area contributed by atoms with Crippen molar-refractivity contribution in [3.8, 4) is 0 Å². The predicted octanol–water partition coefficient (Wildman–Crippen LogP) is -1.40. The van der Waals surface area contributed by atoms with Crippen LogP contribution in [0, 0.1) is 5.53 Å². The summed E-state index contributed by atoms with van der Waals surface area (Å²) in [6, 6.07) is 0. The maximum atomic E-state index is 9.73. The SMILES string of the molecule is C=CC(=[N+]=N)C(=O)[O-]. The van der Waals surface area contributed by atoms with Crippen LogP contribution in [0.3, 0.4) is 0 Å². The van der Waals surface area contributed by atoms with Gasteiger partial charge >= 0.3 is 5.71 Å². The molecule has 42 valence electrons. The van der Waals surface area contributed by atoms with Gasteiger partial charge in [-0.1, -0.05) is 6.58 Å². The lowest BCUT2D eigenvalue weighted by Gasteiger charge is -1.81. The van der Waals surface area contributed by atoms with E-state index in [-0.39, 0.29) is 0 Å². The van der Waals surface area contributed by atoms with Crippen LogP contribution < -0.4 is 5.11 Å². The Kier molecular flexibility index (Phi) is 2.23. The van der Waals surface area contributed by atoms with Crippen LogP contribution in [-0.2, 0) is 4.79 Å². The molecule has 0 atom stereocenters. The average Bonchev–Trinajstić information content (AvgIpc) is 1.69. The van der Waals surface area contributed by atoms with Gasteiger partial charge in [0.1, 0.15) is 0 Å². The molecular weight excluding hydrogens is 108 g/mol. The van der Waals surface area contributed by atoms with Gasteiger partial charge in [-0.15, -0.1) is 0 Å². The van der Waals surface area contributed by atoms with Gasteiger partial charge < -0.3 is 9.90 Å². The van der Waals surface area contributed by atoms with Crippen molar-refractivity contribution in [1.29, 1.82) is 5.53 Å². The molecule has 0 bridgehead atoms. The summed E-state index contributed by atoms with van der Waals surface area (Å²) in [6.07, 6.45) is 0.947. The van der Waals surface area contributed by atoms with Gasteiger partial charge in [0.2, 0.25) is 0 Å². The maximum absolute atomic E-state index is 9.73. The Bertz CT molecular complexity index is 167. The minimum absolute atomic E-state index is 0.454. The van der Waals surface area contributed by atoms with Crippen molar-refractivity contribution in [2.24, 2.45) is 0 Å². The molecule has 0 aliphatic carbocycles. The molecule has 0 rings (SSSR count). The monoisotopic (exact) mass is 112 g/mol. The second-order valence-electron chi connectivity index (χ2n) is 0.989. The van der Waals surface area contributed by atoms with E-state index in [9.17, 15) is 9.90 Å². The topological polar surface area (TPSA) is 78.1 Å². The van der Waals surface area contributed by atoms with Gasteiger partial charge in [-0.05, 0) is 0 Å². The van der Waals surface area contributed by atoms with Crippen molar-refractivity contribution in [1.82, 2.24) is 0 Å². The quantitative estimate of drug-likeness (QED) is 0.271. The van der Waals surface area contributed by atoms with Crippen molar-refractivity contribution in [2.75, 3.05) is 0 Å². The fourth-order valence-electron chi connectivity index (χ4n) is 0.175. The number of carbonyl (C=O) groups is 1. The first-order valence-corrected chi connectivity index (χ1v) is 1.80. The summed E-state index contributed by atoms with van der Waals surface area (Å²) in [5, 5.41) is 9.73. The zero-order chi connectivity index (χ0) is 6.57. The van der Waals surface area contributed by atoms with Crippen molar-refractivity contribution in [2.45, 2.75) is 0 Å². The Morgan fingerprint density at radius 1 is 1.88 bits per heavy atom. The Hall–Kier alpha value is -1.41. The van der Waals surface area contributed by atoms with E-state index in [0.717, 1.165) is 6.08 Å². The second kappa shape index (κ2) is 2.71. The van der Waals surface area contributed by atoms with Crippen LogP contribution in [0.4, 0.5) is 0 Å². The molecule has 4 nitrogen and oxygen atoms in total. The Morgan fingerprint density at radius 2 is 2.38 bits per heavy atom. The van der Waals surface area contributed by atoms with Gasteiger partial charge in [-0.25, -0.2) is 0 Å². The zero-order valence-corrected chi connectivity index (χ0v) is 4.05. The maximum Gasteiger partial charge on any atom is 0.386 e. The molecule has 0 saturated heterocycles. The molecule has 0 aliphatic heterocycles. The average molecular weight is 112 g/mol. The molecule has 0 fully saturated rings. The van der Waals surface area contributed by atoms with Gasteiger partial charge in [-0.3, -0.25) is 0 Å². The normalized spacial score (nSPS) is 7.00. The Morgan fingerprint density at radius 3 is 2.38 bits per heavy atom. The van der Waals surface area contributed by atoms with Gasteiger partial charge in [0.15, 0.2) is 5.97 Å². The molecule has 0 aromatic heterocycles. The van der Waals surface area contributed by atoms with Crippen molar-refractivity contribution in [3.63, 3.8) is 0 Å². The van der Waals surface area contributed by atoms with Gasteiger partial charge in [0.05, 0.1) is 10.3 Å². The lowest BCUT2D eigenvalue weighted by molar-refractivity contribution is -0.298. The number of carboxylic acid groups (broad SMARTS) is 1. The standard InChI is InChI=1S/C4H4N2O2/c1-2-3(6-5)4(7)8/h2,5H,1H2.